The summed E-state index contributed by atoms with van der Waals surface area (Å²) in [5.41, 5.74) is 0. The van der Waals surface area contributed by atoms with Crippen molar-refractivity contribution in [2.24, 2.45) is 0 Å². The van der Waals surface area contributed by atoms with Gasteiger partial charge in [0.1, 0.15) is 0 Å². The molecule has 0 unspecified atom stereocenters. The van der Waals surface area contributed by atoms with Crippen molar-refractivity contribution in [2.75, 3.05) is 5.75 Å². The van der Waals surface area contributed by atoms with Gasteiger partial charge in [-0.1, -0.05) is 36.9 Å². The van der Waals surface area contributed by atoms with E-state index in [2.05, 4.69) is 9.79 Å². The maximum atomic E-state index is 12.3. The van der Waals surface area contributed by atoms with Gasteiger partial charge >= 0.3 is 5.03 Å². The molecule has 0 amide bonds. The van der Waals surface area contributed by atoms with Crippen molar-refractivity contribution in [1.29, 1.82) is 0 Å². The molecule has 18 heavy (non-hydrogen) atoms. The summed E-state index contributed by atoms with van der Waals surface area (Å²) < 4.78 is 28.9. The molecule has 2 rings (SSSR count). The quantitative estimate of drug-likeness (QED) is 0.621. The highest BCUT2D eigenvalue weighted by Crippen LogP contribution is 2.26. The normalized spacial score (nSPS) is 11.6. The van der Waals surface area contributed by atoms with Crippen molar-refractivity contribution in [2.45, 2.75) is 21.9 Å². The molecule has 96 valence electrons. The zero-order valence-electron chi connectivity index (χ0n) is 9.44. The molecule has 0 aliphatic rings. The van der Waals surface area contributed by atoms with E-state index in [0.717, 1.165) is 11.8 Å². The summed E-state index contributed by atoms with van der Waals surface area (Å²) in [7, 11) is -3.91. The molecule has 0 N–H and O–H groups in total. The first-order chi connectivity index (χ1) is 8.57. The minimum absolute atomic E-state index is 0.0377. The van der Waals surface area contributed by atoms with Crippen LogP contribution >= 0.6 is 11.8 Å². The topological polar surface area (TPSA) is 87.1 Å². The fourth-order valence-electron chi connectivity index (χ4n) is 1.38. The van der Waals surface area contributed by atoms with Gasteiger partial charge in [-0.25, -0.2) is 8.42 Å². The van der Waals surface area contributed by atoms with Crippen LogP contribution in [0.5, 0.6) is 0 Å². The average molecular weight is 286 g/mol. The Kier molecular flexibility index (Phi) is 3.58. The number of hydrogen-bond acceptors (Lipinski definition) is 6. The Morgan fingerprint density at radius 2 is 2.06 bits per heavy atom. The van der Waals surface area contributed by atoms with E-state index in [9.17, 15) is 13.6 Å². The van der Waals surface area contributed by atoms with Crippen molar-refractivity contribution in [3.8, 4) is 0 Å². The van der Waals surface area contributed by atoms with E-state index in [-0.39, 0.29) is 14.8 Å². The number of benzene rings is 1. The standard InChI is InChI=1S/C10H10N2O4S2/c1-2-17-9-10(12(13)16-11-9)18(14,15)8-6-4-3-5-7-8/h3-7H,2H2,1H3. The Hall–Kier alpha value is -1.54. The van der Waals surface area contributed by atoms with E-state index in [1.807, 2.05) is 6.92 Å². The summed E-state index contributed by atoms with van der Waals surface area (Å²) in [6.45, 7) is 1.83. The molecule has 0 saturated carbocycles. The Balaban J connectivity index is 2.58. The van der Waals surface area contributed by atoms with E-state index in [4.69, 9.17) is 0 Å². The van der Waals surface area contributed by atoms with E-state index < -0.39 is 14.9 Å². The molecule has 2 aromatic rings. The van der Waals surface area contributed by atoms with Crippen molar-refractivity contribution in [3.63, 3.8) is 0 Å². The van der Waals surface area contributed by atoms with Crippen molar-refractivity contribution >= 4 is 21.6 Å². The van der Waals surface area contributed by atoms with E-state index in [0.29, 0.717) is 5.75 Å². The molecule has 1 aromatic carbocycles. The number of sulfone groups is 1. The summed E-state index contributed by atoms with van der Waals surface area (Å²) in [6.07, 6.45) is 0. The van der Waals surface area contributed by atoms with Gasteiger partial charge in [-0.3, -0.25) is 4.63 Å². The van der Waals surface area contributed by atoms with E-state index in [1.165, 1.54) is 12.1 Å². The fraction of sp³-hybridized carbons (Fsp3) is 0.200. The van der Waals surface area contributed by atoms with Crippen molar-refractivity contribution in [3.05, 3.63) is 35.5 Å². The molecule has 0 atom stereocenters. The molecule has 0 aliphatic carbocycles. The minimum Gasteiger partial charge on any atom is -0.358 e. The van der Waals surface area contributed by atoms with Crippen LogP contribution in [0.1, 0.15) is 6.92 Å². The van der Waals surface area contributed by atoms with Crippen LogP contribution < -0.4 is 4.90 Å². The highest BCUT2D eigenvalue weighted by Gasteiger charge is 2.33. The number of aromatic nitrogens is 2. The molecule has 8 heteroatoms. The monoisotopic (exact) mass is 286 g/mol. The third kappa shape index (κ3) is 2.21. The van der Waals surface area contributed by atoms with Gasteiger partial charge in [0.05, 0.1) is 10.1 Å². The summed E-state index contributed by atoms with van der Waals surface area (Å²) in [5, 5.41) is 14.5. The Morgan fingerprint density at radius 3 is 2.67 bits per heavy atom. The lowest BCUT2D eigenvalue weighted by molar-refractivity contribution is -0.832. The van der Waals surface area contributed by atoms with Gasteiger partial charge in [0.2, 0.25) is 0 Å². The lowest BCUT2D eigenvalue weighted by Gasteiger charge is -2.00. The van der Waals surface area contributed by atoms with Crippen LogP contribution in [0.25, 0.3) is 0 Å². The number of rotatable bonds is 4. The molecule has 0 saturated heterocycles. The second-order valence-electron chi connectivity index (χ2n) is 3.29. The smallest absolute Gasteiger partial charge is 0.327 e. The lowest BCUT2D eigenvalue weighted by Crippen LogP contribution is -2.30. The largest absolute Gasteiger partial charge is 0.358 e. The van der Waals surface area contributed by atoms with Gasteiger partial charge in [0, 0.05) is 0 Å². The first-order valence-electron chi connectivity index (χ1n) is 5.10. The summed E-state index contributed by atoms with van der Waals surface area (Å²) >= 11 is 1.14. The molecule has 0 spiro atoms. The second-order valence-corrected chi connectivity index (χ2v) is 6.41. The predicted molar refractivity (Wildman–Crippen MR) is 63.8 cm³/mol. The third-order valence-corrected chi connectivity index (χ3v) is 4.84. The van der Waals surface area contributed by atoms with Crippen LogP contribution in [-0.4, -0.2) is 19.3 Å². The molecule has 1 heterocycles. The van der Waals surface area contributed by atoms with Crippen LogP contribution in [-0.2, 0) is 9.84 Å². The first-order valence-corrected chi connectivity index (χ1v) is 7.57. The van der Waals surface area contributed by atoms with Crippen LogP contribution in [0.4, 0.5) is 0 Å². The molecule has 0 radical (unpaired) electrons. The van der Waals surface area contributed by atoms with Gasteiger partial charge in [0.25, 0.3) is 14.9 Å². The van der Waals surface area contributed by atoms with Crippen molar-refractivity contribution < 1.29 is 17.9 Å². The van der Waals surface area contributed by atoms with Crippen LogP contribution in [0.2, 0.25) is 0 Å². The van der Waals surface area contributed by atoms with Crippen molar-refractivity contribution in [1.82, 2.24) is 5.16 Å². The first kappa shape index (κ1) is 12.9. The average Bonchev–Trinajstić information content (AvgIpc) is 2.73. The number of nitrogens with zero attached hydrogens (tertiary/aromatic N) is 2. The summed E-state index contributed by atoms with van der Waals surface area (Å²) in [4.78, 5) is -0.0314. The molecule has 0 bridgehead atoms. The predicted octanol–water partition coefficient (Wildman–Crippen LogP) is 1.25. The molecular weight excluding hydrogens is 276 g/mol. The summed E-state index contributed by atoms with van der Waals surface area (Å²) in [6, 6.07) is 7.70. The Bertz CT molecular complexity index is 637. The molecule has 6 nitrogen and oxygen atoms in total. The van der Waals surface area contributed by atoms with Crippen LogP contribution in [0.3, 0.4) is 0 Å². The molecule has 0 fully saturated rings. The number of hydrogen-bond donors (Lipinski definition) is 0. The molecule has 0 aliphatic heterocycles. The zero-order chi connectivity index (χ0) is 13.2. The summed E-state index contributed by atoms with van der Waals surface area (Å²) in [5.74, 6) is 0.587. The Morgan fingerprint density at radius 1 is 1.39 bits per heavy atom. The van der Waals surface area contributed by atoms with Crippen LogP contribution in [0.15, 0.2) is 49.9 Å². The van der Waals surface area contributed by atoms with Crippen LogP contribution in [0, 0.1) is 5.21 Å². The molecular formula is C10H10N2O4S2. The molecule has 1 aromatic heterocycles. The number of thioether (sulfide) groups is 1. The minimum atomic E-state index is -3.91. The SMILES string of the molecule is CCSc1no[n+]([O-])c1S(=O)(=O)c1ccccc1. The van der Waals surface area contributed by atoms with Gasteiger partial charge in [0.15, 0.2) is 0 Å². The highest BCUT2D eigenvalue weighted by atomic mass is 32.2. The lowest BCUT2D eigenvalue weighted by atomic mass is 10.4. The fourth-order valence-corrected chi connectivity index (χ4v) is 3.68. The maximum absolute atomic E-state index is 12.3. The zero-order valence-corrected chi connectivity index (χ0v) is 11.1. The Labute approximate surface area is 108 Å². The van der Waals surface area contributed by atoms with Gasteiger partial charge < -0.3 is 5.21 Å². The third-order valence-electron chi connectivity index (χ3n) is 2.14. The van der Waals surface area contributed by atoms with Gasteiger partial charge in [-0.05, 0) is 22.8 Å². The maximum Gasteiger partial charge on any atom is 0.327 e. The van der Waals surface area contributed by atoms with Gasteiger partial charge in [-0.15, -0.1) is 0 Å². The van der Waals surface area contributed by atoms with E-state index >= 15 is 0 Å². The highest BCUT2D eigenvalue weighted by molar-refractivity contribution is 8.00. The second kappa shape index (κ2) is 4.99. The van der Waals surface area contributed by atoms with Gasteiger partial charge in [-0.2, -0.15) is 0 Å². The van der Waals surface area contributed by atoms with E-state index in [1.54, 1.807) is 18.2 Å².